The second kappa shape index (κ2) is 5.49. The number of thiazole rings is 1. The lowest BCUT2D eigenvalue weighted by molar-refractivity contribution is 1.27. The van der Waals surface area contributed by atoms with E-state index >= 15 is 0 Å². The van der Waals surface area contributed by atoms with Crippen LogP contribution in [-0.2, 0) is 0 Å². The van der Waals surface area contributed by atoms with Crippen LogP contribution in [0.3, 0.4) is 0 Å². The second-order valence-electron chi connectivity index (χ2n) is 3.84. The van der Waals surface area contributed by atoms with Gasteiger partial charge in [0.05, 0.1) is 12.0 Å². The first kappa shape index (κ1) is 13.0. The molecule has 1 aromatic carbocycles. The molecule has 0 radical (unpaired) electrons. The molecule has 1 aromatic heterocycles. The number of benzene rings is 1. The van der Waals surface area contributed by atoms with Crippen LogP contribution in [0.15, 0.2) is 34.6 Å². The van der Waals surface area contributed by atoms with Crippen molar-refractivity contribution in [3.05, 3.63) is 29.6 Å². The van der Waals surface area contributed by atoms with Crippen LogP contribution in [0.5, 0.6) is 0 Å². The number of anilines is 1. The molecule has 0 unspecified atom stereocenters. The number of aromatic nitrogens is 1. The number of hydrogen-bond acceptors (Lipinski definition) is 4. The van der Waals surface area contributed by atoms with Gasteiger partial charge in [0.15, 0.2) is 5.96 Å². The van der Waals surface area contributed by atoms with Gasteiger partial charge in [0.2, 0.25) is 5.13 Å². The number of hydrogen-bond donors (Lipinski definition) is 3. The maximum absolute atomic E-state index is 7.24. The molecule has 6 nitrogen and oxygen atoms in total. The van der Waals surface area contributed by atoms with Gasteiger partial charge < -0.3 is 16.4 Å². The highest BCUT2D eigenvalue weighted by molar-refractivity contribution is 7.13. The first-order valence-corrected chi connectivity index (χ1v) is 6.37. The van der Waals surface area contributed by atoms with Crippen molar-refractivity contribution in [1.29, 1.82) is 5.41 Å². The molecule has 2 rings (SSSR count). The fourth-order valence-electron chi connectivity index (χ4n) is 1.52. The fourth-order valence-corrected chi connectivity index (χ4v) is 2.23. The molecule has 0 saturated carbocycles. The Labute approximate surface area is 114 Å². The zero-order valence-corrected chi connectivity index (χ0v) is 11.2. The molecule has 0 aliphatic carbocycles. The third kappa shape index (κ3) is 3.08. The van der Waals surface area contributed by atoms with Gasteiger partial charge in [-0.05, 0) is 12.1 Å². The molecule has 0 atom stereocenters. The van der Waals surface area contributed by atoms with Gasteiger partial charge in [0.1, 0.15) is 0 Å². The van der Waals surface area contributed by atoms with Crippen LogP contribution in [0, 0.1) is 5.41 Å². The van der Waals surface area contributed by atoms with Gasteiger partial charge >= 0.3 is 0 Å². The Bertz CT molecular complexity index is 614. The van der Waals surface area contributed by atoms with Gasteiger partial charge in [-0.25, -0.2) is 4.98 Å². The maximum atomic E-state index is 7.24. The van der Waals surface area contributed by atoms with Gasteiger partial charge in [-0.3, -0.25) is 5.41 Å². The average Bonchev–Trinajstić information content (AvgIpc) is 2.85. The summed E-state index contributed by atoms with van der Waals surface area (Å²) < 4.78 is 0. The highest BCUT2D eigenvalue weighted by atomic mass is 32.1. The summed E-state index contributed by atoms with van der Waals surface area (Å²) in [5, 5.41) is 9.67. The molecule has 0 aliphatic heterocycles. The van der Waals surface area contributed by atoms with Crippen LogP contribution in [0.25, 0.3) is 11.3 Å². The molecular weight excluding hydrogens is 260 g/mol. The highest BCUT2D eigenvalue weighted by Gasteiger charge is 2.06. The number of nitrogens with one attached hydrogen (secondary N) is 1. The fraction of sp³-hybridized carbons (Fsp3) is 0.0833. The minimum Gasteiger partial charge on any atom is -0.370 e. The predicted molar refractivity (Wildman–Crippen MR) is 80.2 cm³/mol. The largest absolute Gasteiger partial charge is 0.370 e. The lowest BCUT2D eigenvalue weighted by Gasteiger charge is -2.12. The lowest BCUT2D eigenvalue weighted by atomic mass is 10.1. The molecule has 0 saturated heterocycles. The quantitative estimate of drug-likeness (QED) is 0.583. The number of guanidine groups is 1. The molecule has 7 heteroatoms. The van der Waals surface area contributed by atoms with Gasteiger partial charge in [-0.1, -0.05) is 12.1 Å². The molecule has 98 valence electrons. The van der Waals surface area contributed by atoms with E-state index < -0.39 is 0 Å². The molecule has 0 amide bonds. The Morgan fingerprint density at radius 3 is 2.95 bits per heavy atom. The third-order valence-electron chi connectivity index (χ3n) is 2.46. The predicted octanol–water partition coefficient (Wildman–Crippen LogP) is 1.76. The summed E-state index contributed by atoms with van der Waals surface area (Å²) in [5.41, 5.74) is 13.3. The van der Waals surface area contributed by atoms with E-state index in [1.54, 1.807) is 4.90 Å². The van der Waals surface area contributed by atoms with Gasteiger partial charge in [-0.2, -0.15) is 4.99 Å². The third-order valence-corrected chi connectivity index (χ3v) is 3.19. The standard InChI is InChI=1S/C12H14N6S/c1-18(7-13)9-4-2-3-8(5-9)10-6-19-12(16-10)17-11(14)15/h2-7,13H,1H3,(H4,14,15,16,17). The molecule has 0 spiro atoms. The average molecular weight is 274 g/mol. The first-order chi connectivity index (χ1) is 9.10. The van der Waals surface area contributed by atoms with Crippen molar-refractivity contribution in [2.45, 2.75) is 0 Å². The lowest BCUT2D eigenvalue weighted by Crippen LogP contribution is -2.21. The van der Waals surface area contributed by atoms with Gasteiger partial charge in [-0.15, -0.1) is 11.3 Å². The van der Waals surface area contributed by atoms with E-state index in [-0.39, 0.29) is 5.96 Å². The van der Waals surface area contributed by atoms with Crippen LogP contribution in [0.4, 0.5) is 10.8 Å². The van der Waals surface area contributed by atoms with Crippen LogP contribution in [0.2, 0.25) is 0 Å². The topological polar surface area (TPSA) is 104 Å². The van der Waals surface area contributed by atoms with Crippen LogP contribution >= 0.6 is 11.3 Å². The van der Waals surface area contributed by atoms with Crippen LogP contribution < -0.4 is 16.4 Å². The maximum Gasteiger partial charge on any atom is 0.212 e. The van der Waals surface area contributed by atoms with E-state index in [4.69, 9.17) is 16.9 Å². The Balaban J connectivity index is 2.34. The summed E-state index contributed by atoms with van der Waals surface area (Å²) >= 11 is 1.38. The van der Waals surface area contributed by atoms with Gasteiger partial charge in [0, 0.05) is 23.7 Å². The van der Waals surface area contributed by atoms with E-state index in [0.29, 0.717) is 5.13 Å². The van der Waals surface area contributed by atoms with Crippen LogP contribution in [-0.4, -0.2) is 24.3 Å². The monoisotopic (exact) mass is 274 g/mol. The van der Waals surface area contributed by atoms with Gasteiger partial charge in [0.25, 0.3) is 0 Å². The molecule has 0 fully saturated rings. The van der Waals surface area contributed by atoms with Crippen molar-refractivity contribution in [1.82, 2.24) is 4.98 Å². The Morgan fingerprint density at radius 2 is 2.26 bits per heavy atom. The number of nitrogens with two attached hydrogens (primary N) is 2. The summed E-state index contributed by atoms with van der Waals surface area (Å²) in [6.45, 7) is 0. The van der Waals surface area contributed by atoms with E-state index in [1.165, 1.54) is 17.7 Å². The van der Waals surface area contributed by atoms with Crippen LogP contribution in [0.1, 0.15) is 0 Å². The minimum absolute atomic E-state index is 0.00168. The van der Waals surface area contributed by atoms with Crippen molar-refractivity contribution in [2.24, 2.45) is 16.5 Å². The number of aliphatic imine (C=N–C) groups is 1. The minimum atomic E-state index is -0.00168. The Hall–Kier alpha value is -2.41. The van der Waals surface area contributed by atoms with E-state index in [9.17, 15) is 0 Å². The van der Waals surface area contributed by atoms with E-state index in [0.717, 1.165) is 16.9 Å². The molecule has 19 heavy (non-hydrogen) atoms. The highest BCUT2D eigenvalue weighted by Crippen LogP contribution is 2.28. The first-order valence-electron chi connectivity index (χ1n) is 5.49. The summed E-state index contributed by atoms with van der Waals surface area (Å²) in [7, 11) is 1.82. The molecule has 0 aliphatic rings. The van der Waals surface area contributed by atoms with E-state index in [2.05, 4.69) is 9.98 Å². The summed E-state index contributed by atoms with van der Waals surface area (Å²) in [5.74, 6) is -0.00168. The van der Waals surface area contributed by atoms with Crippen molar-refractivity contribution in [3.8, 4) is 11.3 Å². The normalized spacial score (nSPS) is 9.95. The number of nitrogens with zero attached hydrogens (tertiary/aromatic N) is 3. The number of rotatable bonds is 4. The molecule has 2 aromatic rings. The SMILES string of the molecule is CN(C=N)c1cccc(-c2csc(N=C(N)N)n2)c1. The van der Waals surface area contributed by atoms with Crippen molar-refractivity contribution >= 4 is 34.5 Å². The molecular formula is C12H14N6S. The summed E-state index contributed by atoms with van der Waals surface area (Å²) in [6.07, 6.45) is 1.25. The molecule has 1 heterocycles. The summed E-state index contributed by atoms with van der Waals surface area (Å²) in [6, 6.07) is 7.76. The Morgan fingerprint density at radius 1 is 1.47 bits per heavy atom. The second-order valence-corrected chi connectivity index (χ2v) is 4.68. The summed E-state index contributed by atoms with van der Waals surface area (Å²) in [4.78, 5) is 9.97. The van der Waals surface area contributed by atoms with Crippen molar-refractivity contribution < 1.29 is 0 Å². The molecule has 0 bridgehead atoms. The van der Waals surface area contributed by atoms with E-state index in [1.807, 2.05) is 36.7 Å². The smallest absolute Gasteiger partial charge is 0.212 e. The zero-order chi connectivity index (χ0) is 13.8. The van der Waals surface area contributed by atoms with Crippen molar-refractivity contribution in [3.63, 3.8) is 0 Å². The Kier molecular flexibility index (Phi) is 3.76. The molecule has 5 N–H and O–H groups in total. The zero-order valence-electron chi connectivity index (χ0n) is 10.4. The van der Waals surface area contributed by atoms with Crippen molar-refractivity contribution in [2.75, 3.05) is 11.9 Å².